The van der Waals surface area contributed by atoms with Gasteiger partial charge in [-0.2, -0.15) is 0 Å². The topological polar surface area (TPSA) is 93.6 Å². The Bertz CT molecular complexity index is 549. The fraction of sp³-hybridized carbons (Fsp3) is 0.615. The molecule has 20 heavy (non-hydrogen) atoms. The van der Waals surface area contributed by atoms with Crippen LogP contribution < -0.4 is 5.73 Å². The Hall–Kier alpha value is -1.34. The minimum Gasteiger partial charge on any atom is -0.467 e. The van der Waals surface area contributed by atoms with Crippen LogP contribution in [0.2, 0.25) is 0 Å². The number of carbonyl (C=O) groups is 1. The molecule has 1 heterocycles. The first-order valence-electron chi connectivity index (χ1n) is 6.63. The summed E-state index contributed by atoms with van der Waals surface area (Å²) in [6, 6.07) is 3.01. The number of carbonyl (C=O) groups excluding carboxylic acids is 1. The largest absolute Gasteiger partial charge is 0.467 e. The van der Waals surface area contributed by atoms with E-state index in [0.29, 0.717) is 12.3 Å². The lowest BCUT2D eigenvalue weighted by molar-refractivity contribution is -0.134. The van der Waals surface area contributed by atoms with E-state index in [1.807, 2.05) is 6.07 Å². The van der Waals surface area contributed by atoms with Gasteiger partial charge in [0, 0.05) is 12.3 Å². The molecule has 112 valence electrons. The SMILES string of the molecule is CS(=O)(=O)CCC(N)C(=O)N(Cc1ccco1)C1CC1. The molecule has 1 unspecified atom stereocenters. The highest BCUT2D eigenvalue weighted by atomic mass is 32.2. The Balaban J connectivity index is 1.96. The van der Waals surface area contributed by atoms with E-state index in [1.165, 1.54) is 0 Å². The lowest BCUT2D eigenvalue weighted by Crippen LogP contribution is -2.45. The summed E-state index contributed by atoms with van der Waals surface area (Å²) >= 11 is 0. The molecule has 0 aromatic carbocycles. The van der Waals surface area contributed by atoms with Crippen molar-refractivity contribution in [1.82, 2.24) is 4.90 Å². The van der Waals surface area contributed by atoms with Gasteiger partial charge in [0.2, 0.25) is 5.91 Å². The molecule has 2 N–H and O–H groups in total. The Morgan fingerprint density at radius 1 is 1.55 bits per heavy atom. The molecule has 1 aliphatic rings. The standard InChI is InChI=1S/C13H20N2O4S/c1-20(17,18)8-6-12(14)13(16)15(10-4-5-10)9-11-3-2-7-19-11/h2-3,7,10,12H,4-6,8-9,14H2,1H3. The molecular formula is C13H20N2O4S. The molecule has 0 saturated heterocycles. The van der Waals surface area contributed by atoms with Crippen LogP contribution in [0.1, 0.15) is 25.0 Å². The van der Waals surface area contributed by atoms with E-state index in [1.54, 1.807) is 17.2 Å². The zero-order valence-electron chi connectivity index (χ0n) is 11.5. The molecule has 6 nitrogen and oxygen atoms in total. The minimum atomic E-state index is -3.10. The second-order valence-corrected chi connectivity index (χ2v) is 7.56. The van der Waals surface area contributed by atoms with E-state index in [-0.39, 0.29) is 24.1 Å². The van der Waals surface area contributed by atoms with E-state index in [4.69, 9.17) is 10.2 Å². The summed E-state index contributed by atoms with van der Waals surface area (Å²) in [6.07, 6.45) is 4.79. The first kappa shape index (κ1) is 15.1. The number of furan rings is 1. The number of amides is 1. The molecule has 0 aliphatic heterocycles. The zero-order valence-corrected chi connectivity index (χ0v) is 12.3. The summed E-state index contributed by atoms with van der Waals surface area (Å²) in [6.45, 7) is 0.392. The van der Waals surface area contributed by atoms with Gasteiger partial charge < -0.3 is 15.1 Å². The average molecular weight is 300 g/mol. The Morgan fingerprint density at radius 3 is 2.75 bits per heavy atom. The van der Waals surface area contributed by atoms with Crippen molar-refractivity contribution in [3.05, 3.63) is 24.2 Å². The van der Waals surface area contributed by atoms with E-state index in [0.717, 1.165) is 19.1 Å². The van der Waals surface area contributed by atoms with E-state index in [2.05, 4.69) is 0 Å². The highest BCUT2D eigenvalue weighted by Gasteiger charge is 2.35. The third-order valence-corrected chi connectivity index (χ3v) is 4.27. The predicted molar refractivity (Wildman–Crippen MR) is 74.6 cm³/mol. The van der Waals surface area contributed by atoms with Gasteiger partial charge in [0.1, 0.15) is 15.6 Å². The monoisotopic (exact) mass is 300 g/mol. The highest BCUT2D eigenvalue weighted by molar-refractivity contribution is 7.90. The van der Waals surface area contributed by atoms with Gasteiger partial charge >= 0.3 is 0 Å². The van der Waals surface area contributed by atoms with Crippen LogP contribution in [-0.2, 0) is 21.2 Å². The van der Waals surface area contributed by atoms with Crippen molar-refractivity contribution in [3.8, 4) is 0 Å². The van der Waals surface area contributed by atoms with E-state index >= 15 is 0 Å². The van der Waals surface area contributed by atoms with Crippen molar-refractivity contribution in [3.63, 3.8) is 0 Å². The number of nitrogens with zero attached hydrogens (tertiary/aromatic N) is 1. The van der Waals surface area contributed by atoms with E-state index in [9.17, 15) is 13.2 Å². The summed E-state index contributed by atoms with van der Waals surface area (Å²) in [5.74, 6) is 0.437. The van der Waals surface area contributed by atoms with Gasteiger partial charge in [-0.15, -0.1) is 0 Å². The van der Waals surface area contributed by atoms with Gasteiger partial charge in [-0.05, 0) is 31.4 Å². The van der Waals surface area contributed by atoms with Gasteiger partial charge in [0.25, 0.3) is 0 Å². The summed E-state index contributed by atoms with van der Waals surface area (Å²) < 4.78 is 27.5. The van der Waals surface area contributed by atoms with Crippen LogP contribution in [0.5, 0.6) is 0 Å². The fourth-order valence-electron chi connectivity index (χ4n) is 2.02. The first-order chi connectivity index (χ1) is 9.37. The Kier molecular flexibility index (Phi) is 4.49. The molecule has 1 saturated carbocycles. The number of hydrogen-bond donors (Lipinski definition) is 1. The minimum absolute atomic E-state index is 0.0703. The van der Waals surface area contributed by atoms with Crippen molar-refractivity contribution in [2.75, 3.05) is 12.0 Å². The van der Waals surface area contributed by atoms with Crippen LogP contribution in [0, 0.1) is 0 Å². The zero-order chi connectivity index (χ0) is 14.8. The molecular weight excluding hydrogens is 280 g/mol. The number of rotatable bonds is 7. The highest BCUT2D eigenvalue weighted by Crippen LogP contribution is 2.29. The van der Waals surface area contributed by atoms with Crippen molar-refractivity contribution in [1.29, 1.82) is 0 Å². The maximum Gasteiger partial charge on any atom is 0.240 e. The van der Waals surface area contributed by atoms with Crippen molar-refractivity contribution in [2.45, 2.75) is 37.9 Å². The van der Waals surface area contributed by atoms with Crippen LogP contribution in [0.4, 0.5) is 0 Å². The molecule has 1 aromatic heterocycles. The van der Waals surface area contributed by atoms with Crippen LogP contribution in [0.15, 0.2) is 22.8 Å². The maximum atomic E-state index is 12.3. The second-order valence-electron chi connectivity index (χ2n) is 5.30. The van der Waals surface area contributed by atoms with Crippen LogP contribution in [0.3, 0.4) is 0 Å². The normalized spacial score (nSPS) is 16.9. The number of nitrogens with two attached hydrogens (primary N) is 1. The molecule has 0 radical (unpaired) electrons. The molecule has 7 heteroatoms. The Morgan fingerprint density at radius 2 is 2.25 bits per heavy atom. The third kappa shape index (κ3) is 4.35. The molecule has 2 rings (SSSR count). The van der Waals surface area contributed by atoms with Crippen LogP contribution in [-0.4, -0.2) is 43.3 Å². The Labute approximate surface area is 118 Å². The lowest BCUT2D eigenvalue weighted by Gasteiger charge is -2.24. The number of sulfone groups is 1. The quantitative estimate of drug-likeness (QED) is 0.793. The van der Waals surface area contributed by atoms with E-state index < -0.39 is 15.9 Å². The molecule has 0 bridgehead atoms. The van der Waals surface area contributed by atoms with Crippen molar-refractivity contribution >= 4 is 15.7 Å². The van der Waals surface area contributed by atoms with Crippen molar-refractivity contribution < 1.29 is 17.6 Å². The molecule has 0 spiro atoms. The second kappa shape index (κ2) is 5.97. The van der Waals surface area contributed by atoms with Crippen molar-refractivity contribution in [2.24, 2.45) is 5.73 Å². The maximum absolute atomic E-state index is 12.3. The fourth-order valence-corrected chi connectivity index (χ4v) is 2.70. The van der Waals surface area contributed by atoms with Gasteiger partial charge in [0.05, 0.1) is 24.6 Å². The summed E-state index contributed by atoms with van der Waals surface area (Å²) in [4.78, 5) is 14.0. The molecule has 1 aliphatic carbocycles. The first-order valence-corrected chi connectivity index (χ1v) is 8.69. The van der Waals surface area contributed by atoms with Gasteiger partial charge in [-0.3, -0.25) is 4.79 Å². The van der Waals surface area contributed by atoms with Crippen LogP contribution >= 0.6 is 0 Å². The third-order valence-electron chi connectivity index (χ3n) is 3.29. The molecule has 1 amide bonds. The smallest absolute Gasteiger partial charge is 0.240 e. The van der Waals surface area contributed by atoms with Gasteiger partial charge in [0.15, 0.2) is 0 Å². The molecule has 1 aromatic rings. The summed E-state index contributed by atoms with van der Waals surface area (Å²) in [5, 5.41) is 0. The lowest BCUT2D eigenvalue weighted by atomic mass is 10.2. The van der Waals surface area contributed by atoms with Gasteiger partial charge in [-0.1, -0.05) is 0 Å². The van der Waals surface area contributed by atoms with Crippen LogP contribution in [0.25, 0.3) is 0 Å². The molecule has 1 atom stereocenters. The average Bonchev–Trinajstić information content (AvgIpc) is 3.08. The summed E-state index contributed by atoms with van der Waals surface area (Å²) in [5.41, 5.74) is 5.83. The van der Waals surface area contributed by atoms with Gasteiger partial charge in [-0.25, -0.2) is 8.42 Å². The predicted octanol–water partition coefficient (Wildman–Crippen LogP) is 0.533. The summed E-state index contributed by atoms with van der Waals surface area (Å²) in [7, 11) is -3.10. The molecule has 1 fully saturated rings. The number of hydrogen-bond acceptors (Lipinski definition) is 5.